The first kappa shape index (κ1) is 24.8. The van der Waals surface area contributed by atoms with Crippen molar-refractivity contribution in [3.8, 4) is 34.0 Å². The van der Waals surface area contributed by atoms with Crippen molar-refractivity contribution in [2.24, 2.45) is 14.1 Å². The maximum absolute atomic E-state index is 10.7. The van der Waals surface area contributed by atoms with Gasteiger partial charge in [0.15, 0.2) is 0 Å². The summed E-state index contributed by atoms with van der Waals surface area (Å²) >= 11 is 0. The van der Waals surface area contributed by atoms with Crippen molar-refractivity contribution in [1.29, 1.82) is 0 Å². The summed E-state index contributed by atoms with van der Waals surface area (Å²) < 4.78 is 3.96. The molecular formula is C26H21IrN5O2-2. The second-order valence-electron chi connectivity index (χ2n) is 7.19. The van der Waals surface area contributed by atoms with Crippen molar-refractivity contribution in [2.75, 3.05) is 0 Å². The number of carboxylic acids is 1. The molecule has 0 amide bonds. The van der Waals surface area contributed by atoms with Crippen LogP contribution in [-0.2, 0) is 34.2 Å². The first-order chi connectivity index (χ1) is 16.0. The van der Waals surface area contributed by atoms with Gasteiger partial charge in [-0.25, -0.2) is 4.79 Å². The molecule has 7 nitrogen and oxygen atoms in total. The van der Waals surface area contributed by atoms with Crippen LogP contribution in [0.5, 0.6) is 0 Å². The van der Waals surface area contributed by atoms with E-state index in [9.17, 15) is 4.79 Å². The fraction of sp³-hybridized carbons (Fsp3) is 0.0769. The van der Waals surface area contributed by atoms with E-state index < -0.39 is 5.97 Å². The average Bonchev–Trinajstić information content (AvgIpc) is 3.48. The summed E-state index contributed by atoms with van der Waals surface area (Å²) in [6.07, 6.45) is 7.43. The van der Waals surface area contributed by atoms with E-state index in [0.29, 0.717) is 5.69 Å². The number of carboxylic acid groups (broad SMARTS) is 1. The molecule has 0 unspecified atom stereocenters. The topological polar surface area (TPSA) is 85.8 Å². The van der Waals surface area contributed by atoms with E-state index in [4.69, 9.17) is 5.11 Å². The van der Waals surface area contributed by atoms with Gasteiger partial charge in [0.25, 0.3) is 0 Å². The number of carbonyl (C=O) groups is 1. The number of aryl methyl sites for hydroxylation is 2. The van der Waals surface area contributed by atoms with Crippen molar-refractivity contribution < 1.29 is 30.0 Å². The van der Waals surface area contributed by atoms with Crippen LogP contribution in [0.1, 0.15) is 10.5 Å². The Morgan fingerprint density at radius 1 is 0.824 bits per heavy atom. The largest absolute Gasteiger partial charge is 0.477 e. The van der Waals surface area contributed by atoms with Crippen molar-refractivity contribution in [3.63, 3.8) is 0 Å². The summed E-state index contributed by atoms with van der Waals surface area (Å²) in [5.41, 5.74) is 3.41. The molecule has 5 aromatic rings. The molecule has 0 saturated carbocycles. The molecule has 0 aliphatic rings. The zero-order chi connectivity index (χ0) is 23.2. The van der Waals surface area contributed by atoms with Crippen LogP contribution < -0.4 is 0 Å². The first-order valence-corrected chi connectivity index (χ1v) is 10.2. The van der Waals surface area contributed by atoms with Gasteiger partial charge in [0.2, 0.25) is 0 Å². The van der Waals surface area contributed by atoms with Crippen LogP contribution in [0.2, 0.25) is 0 Å². The third-order valence-corrected chi connectivity index (χ3v) is 4.87. The minimum absolute atomic E-state index is 0. The van der Waals surface area contributed by atoms with Gasteiger partial charge in [-0.2, -0.15) is 0 Å². The number of imidazole rings is 2. The average molecular weight is 628 g/mol. The van der Waals surface area contributed by atoms with Crippen LogP contribution >= 0.6 is 0 Å². The molecule has 0 bridgehead atoms. The van der Waals surface area contributed by atoms with Gasteiger partial charge in [0.05, 0.1) is 11.6 Å². The Balaban J connectivity index is 0.000000188. The molecule has 5 rings (SSSR count). The summed E-state index contributed by atoms with van der Waals surface area (Å²) in [6, 6.07) is 24.6. The van der Waals surface area contributed by atoms with Crippen molar-refractivity contribution in [1.82, 2.24) is 24.1 Å². The third-order valence-electron chi connectivity index (χ3n) is 4.87. The minimum atomic E-state index is -1.02. The SMILES string of the molecule is Cn1ccnc1-c1[c-]c(-c2nccn2C)ccc1.O=C(O)c1cccc(-c2[c-]cccc2)n1.[Ir]. The van der Waals surface area contributed by atoms with Gasteiger partial charge in [0, 0.05) is 59.0 Å². The summed E-state index contributed by atoms with van der Waals surface area (Å²) in [6.45, 7) is 0. The van der Waals surface area contributed by atoms with Gasteiger partial charge < -0.3 is 14.2 Å². The monoisotopic (exact) mass is 628 g/mol. The maximum atomic E-state index is 10.7. The number of rotatable bonds is 4. The standard InChI is InChI=1S/C14H13N4.C12H8NO2.Ir/c1-17-8-6-15-13(17)11-4-3-5-12(10-11)14-16-7-9-18(14)2;14-12(15)11-8-4-7-10(13-11)9-5-2-1-3-6-9;/h3-9H,1-2H3;1-5,7-8H,(H,14,15);/q2*-1;. The molecule has 1 radical (unpaired) electrons. The molecule has 34 heavy (non-hydrogen) atoms. The number of nitrogens with zero attached hydrogens (tertiary/aromatic N) is 5. The Morgan fingerprint density at radius 3 is 1.91 bits per heavy atom. The molecule has 3 heterocycles. The van der Waals surface area contributed by atoms with Gasteiger partial charge in [-0.15, -0.1) is 60.2 Å². The van der Waals surface area contributed by atoms with E-state index >= 15 is 0 Å². The molecule has 2 aromatic carbocycles. The van der Waals surface area contributed by atoms with Gasteiger partial charge in [-0.1, -0.05) is 23.3 Å². The van der Waals surface area contributed by atoms with Gasteiger partial charge in [-0.3, -0.25) is 15.0 Å². The Kier molecular flexibility index (Phi) is 8.24. The first-order valence-electron chi connectivity index (χ1n) is 10.2. The Hall–Kier alpha value is -3.87. The molecule has 0 saturated heterocycles. The Bertz CT molecular complexity index is 1320. The predicted octanol–water partition coefficient (Wildman–Crippen LogP) is 4.53. The summed E-state index contributed by atoms with van der Waals surface area (Å²) in [4.78, 5) is 23.4. The molecular weight excluding hydrogens is 607 g/mol. The summed E-state index contributed by atoms with van der Waals surface area (Å²) in [5, 5.41) is 8.78. The normalized spacial score (nSPS) is 10.1. The second-order valence-corrected chi connectivity index (χ2v) is 7.19. The van der Waals surface area contributed by atoms with Crippen LogP contribution in [0.25, 0.3) is 34.0 Å². The van der Waals surface area contributed by atoms with Gasteiger partial charge >= 0.3 is 5.97 Å². The fourth-order valence-electron chi connectivity index (χ4n) is 3.24. The van der Waals surface area contributed by atoms with Crippen LogP contribution in [0, 0.1) is 12.1 Å². The van der Waals surface area contributed by atoms with E-state index in [-0.39, 0.29) is 25.8 Å². The molecule has 3 aromatic heterocycles. The smallest absolute Gasteiger partial charge is 0.353 e. The molecule has 8 heteroatoms. The van der Waals surface area contributed by atoms with Crippen LogP contribution in [-0.4, -0.2) is 35.2 Å². The third kappa shape index (κ3) is 5.73. The van der Waals surface area contributed by atoms with E-state index in [1.165, 1.54) is 6.07 Å². The van der Waals surface area contributed by atoms with Crippen molar-refractivity contribution in [3.05, 3.63) is 103 Å². The molecule has 0 atom stereocenters. The zero-order valence-electron chi connectivity index (χ0n) is 18.5. The number of aromatic carboxylic acids is 1. The van der Waals surface area contributed by atoms with Crippen molar-refractivity contribution >= 4 is 5.97 Å². The van der Waals surface area contributed by atoms with Crippen molar-refractivity contribution in [2.45, 2.75) is 0 Å². The van der Waals surface area contributed by atoms with Gasteiger partial charge in [-0.05, 0) is 11.8 Å². The molecule has 0 aliphatic carbocycles. The molecule has 173 valence electrons. The summed E-state index contributed by atoms with van der Waals surface area (Å²) in [7, 11) is 3.95. The summed E-state index contributed by atoms with van der Waals surface area (Å²) in [5.74, 6) is 0.796. The molecule has 0 aliphatic heterocycles. The minimum Gasteiger partial charge on any atom is -0.477 e. The van der Waals surface area contributed by atoms with Crippen LogP contribution in [0.3, 0.4) is 0 Å². The number of benzene rings is 2. The van der Waals surface area contributed by atoms with Crippen LogP contribution in [0.15, 0.2) is 85.5 Å². The molecule has 0 fully saturated rings. The molecule has 1 N–H and O–H groups in total. The quantitative estimate of drug-likeness (QED) is 0.296. The van der Waals surface area contributed by atoms with E-state index in [1.807, 2.05) is 72.0 Å². The van der Waals surface area contributed by atoms with Crippen LogP contribution in [0.4, 0.5) is 0 Å². The van der Waals surface area contributed by atoms with E-state index in [1.54, 1.807) is 30.6 Å². The number of aromatic nitrogens is 5. The van der Waals surface area contributed by atoms with Gasteiger partial charge in [0.1, 0.15) is 5.69 Å². The number of hydrogen-bond acceptors (Lipinski definition) is 4. The number of pyridine rings is 1. The fourth-order valence-corrected chi connectivity index (χ4v) is 3.24. The zero-order valence-corrected chi connectivity index (χ0v) is 20.9. The maximum Gasteiger partial charge on any atom is 0.353 e. The second kappa shape index (κ2) is 11.3. The van der Waals surface area contributed by atoms with E-state index in [0.717, 1.165) is 28.3 Å². The molecule has 0 spiro atoms. The number of hydrogen-bond donors (Lipinski definition) is 1. The Morgan fingerprint density at radius 2 is 1.41 bits per heavy atom. The Labute approximate surface area is 211 Å². The predicted molar refractivity (Wildman–Crippen MR) is 125 cm³/mol. The van der Waals surface area contributed by atoms with E-state index in [2.05, 4.69) is 27.1 Å².